The molecule has 0 unspecified atom stereocenters. The molecule has 1 aromatic carbocycles. The zero-order valence-corrected chi connectivity index (χ0v) is 12.7. The number of amides is 1. The number of hydrogen-bond acceptors (Lipinski definition) is 3. The van der Waals surface area contributed by atoms with Crippen molar-refractivity contribution in [3.05, 3.63) is 57.8 Å². The molecule has 3 rings (SSSR count). The van der Waals surface area contributed by atoms with E-state index >= 15 is 0 Å². The highest BCUT2D eigenvalue weighted by atomic mass is 79.9. The van der Waals surface area contributed by atoms with Gasteiger partial charge >= 0.3 is 0 Å². The summed E-state index contributed by atoms with van der Waals surface area (Å²) in [6.45, 7) is 0. The molecule has 0 radical (unpaired) electrons. The second-order valence-electron chi connectivity index (χ2n) is 4.71. The average Bonchev–Trinajstić information content (AvgIpc) is 2.82. The van der Waals surface area contributed by atoms with Gasteiger partial charge in [-0.3, -0.25) is 9.78 Å². The number of nitrogens with zero attached hydrogens (tertiary/aromatic N) is 1. The summed E-state index contributed by atoms with van der Waals surface area (Å²) in [6, 6.07) is 7.67. The number of rotatable bonds is 2. The molecule has 22 heavy (non-hydrogen) atoms. The van der Waals surface area contributed by atoms with Gasteiger partial charge in [0.1, 0.15) is 0 Å². The number of pyridine rings is 1. The van der Waals surface area contributed by atoms with Crippen molar-refractivity contribution < 1.29 is 13.6 Å². The Bertz CT molecular complexity index is 805. The van der Waals surface area contributed by atoms with Gasteiger partial charge in [-0.1, -0.05) is 15.9 Å². The molecule has 0 aliphatic carbocycles. The third kappa shape index (κ3) is 2.48. The van der Waals surface area contributed by atoms with Crippen LogP contribution in [0, 0.1) is 0 Å². The van der Waals surface area contributed by atoms with Gasteiger partial charge in [0.05, 0.1) is 17.0 Å². The smallest absolute Gasteiger partial charge is 0.263 e. The van der Waals surface area contributed by atoms with E-state index in [1.165, 1.54) is 18.3 Å². The first-order chi connectivity index (χ1) is 10.5. The molecular weight excluding hydrogens is 356 g/mol. The summed E-state index contributed by atoms with van der Waals surface area (Å²) in [5.41, 5.74) is 7.51. The number of carbonyl (C=O) groups excluding carboxylic acids is 1. The molecule has 7 heteroatoms. The lowest BCUT2D eigenvalue weighted by Gasteiger charge is -2.07. The standard InChI is InChI=1S/C15H10BrF2N3O/c16-8-1-2-10-9(6-8)12(15(22)21-10)13(19)11-5-7(14(17)18)3-4-20-11/h1-6,14H,19H2,(H,21,22)/b13-12-. The number of alkyl halides is 2. The van der Waals surface area contributed by atoms with Crippen LogP contribution in [0.15, 0.2) is 41.0 Å². The normalized spacial score (nSPS) is 15.7. The fourth-order valence-corrected chi connectivity index (χ4v) is 2.63. The summed E-state index contributed by atoms with van der Waals surface area (Å²) in [6.07, 6.45) is -1.38. The predicted molar refractivity (Wildman–Crippen MR) is 83.0 cm³/mol. The van der Waals surface area contributed by atoms with Crippen molar-refractivity contribution in [1.29, 1.82) is 0 Å². The van der Waals surface area contributed by atoms with Crippen molar-refractivity contribution in [3.8, 4) is 0 Å². The van der Waals surface area contributed by atoms with E-state index in [-0.39, 0.29) is 28.4 Å². The van der Waals surface area contributed by atoms with Crippen LogP contribution < -0.4 is 11.1 Å². The Kier molecular flexibility index (Phi) is 3.66. The molecule has 1 aromatic heterocycles. The molecule has 112 valence electrons. The molecule has 2 aromatic rings. The molecular formula is C15H10BrF2N3O. The van der Waals surface area contributed by atoms with E-state index in [1.807, 2.05) is 0 Å². The molecule has 3 N–H and O–H groups in total. The number of anilines is 1. The number of benzene rings is 1. The van der Waals surface area contributed by atoms with Crippen LogP contribution in [-0.2, 0) is 4.79 Å². The molecule has 1 aliphatic heterocycles. The van der Waals surface area contributed by atoms with E-state index < -0.39 is 6.43 Å². The Labute approximate surface area is 133 Å². The molecule has 0 saturated heterocycles. The lowest BCUT2D eigenvalue weighted by atomic mass is 10.0. The maximum atomic E-state index is 12.8. The number of halogens is 3. The van der Waals surface area contributed by atoms with Crippen LogP contribution >= 0.6 is 15.9 Å². The molecule has 0 bridgehead atoms. The maximum absolute atomic E-state index is 12.8. The van der Waals surface area contributed by atoms with Gasteiger partial charge in [0.2, 0.25) is 0 Å². The molecule has 1 aliphatic rings. The second kappa shape index (κ2) is 5.49. The highest BCUT2D eigenvalue weighted by molar-refractivity contribution is 9.10. The lowest BCUT2D eigenvalue weighted by Crippen LogP contribution is -2.10. The predicted octanol–water partition coefficient (Wildman–Crippen LogP) is 3.56. The Morgan fingerprint density at radius 2 is 2.05 bits per heavy atom. The summed E-state index contributed by atoms with van der Waals surface area (Å²) in [7, 11) is 0. The minimum Gasteiger partial charge on any atom is -0.396 e. The minimum absolute atomic E-state index is 0.0665. The maximum Gasteiger partial charge on any atom is 0.263 e. The molecule has 0 spiro atoms. The van der Waals surface area contributed by atoms with Gasteiger partial charge in [-0.2, -0.15) is 0 Å². The summed E-state index contributed by atoms with van der Waals surface area (Å²) >= 11 is 3.33. The van der Waals surface area contributed by atoms with Gasteiger partial charge in [0.25, 0.3) is 12.3 Å². The van der Waals surface area contributed by atoms with Crippen LogP contribution in [0.2, 0.25) is 0 Å². The van der Waals surface area contributed by atoms with Gasteiger partial charge in [-0.25, -0.2) is 8.78 Å². The number of nitrogens with two attached hydrogens (primary N) is 1. The average molecular weight is 366 g/mol. The van der Waals surface area contributed by atoms with Crippen molar-refractivity contribution in [2.24, 2.45) is 5.73 Å². The first-order valence-electron chi connectivity index (χ1n) is 6.33. The highest BCUT2D eigenvalue weighted by Crippen LogP contribution is 2.36. The monoisotopic (exact) mass is 365 g/mol. The summed E-state index contributed by atoms with van der Waals surface area (Å²) in [5, 5.41) is 2.69. The summed E-state index contributed by atoms with van der Waals surface area (Å²) in [5.74, 6) is -0.380. The fourth-order valence-electron chi connectivity index (χ4n) is 2.26. The number of hydrogen-bond donors (Lipinski definition) is 2. The number of carbonyl (C=O) groups is 1. The second-order valence-corrected chi connectivity index (χ2v) is 5.62. The Morgan fingerprint density at radius 3 is 2.77 bits per heavy atom. The zero-order valence-electron chi connectivity index (χ0n) is 11.1. The van der Waals surface area contributed by atoms with Crippen LogP contribution in [0.25, 0.3) is 11.3 Å². The molecule has 4 nitrogen and oxygen atoms in total. The van der Waals surface area contributed by atoms with Gasteiger partial charge in [-0.05, 0) is 30.3 Å². The van der Waals surface area contributed by atoms with Gasteiger partial charge < -0.3 is 11.1 Å². The third-order valence-corrected chi connectivity index (χ3v) is 3.80. The first-order valence-corrected chi connectivity index (χ1v) is 7.12. The number of nitrogens with one attached hydrogen (secondary N) is 1. The van der Waals surface area contributed by atoms with Gasteiger partial charge in [0, 0.05) is 27.5 Å². The van der Waals surface area contributed by atoms with Crippen LogP contribution in [0.3, 0.4) is 0 Å². The van der Waals surface area contributed by atoms with Crippen LogP contribution in [-0.4, -0.2) is 10.9 Å². The molecule has 0 atom stereocenters. The van der Waals surface area contributed by atoms with E-state index in [0.717, 1.165) is 4.47 Å². The Hall–Kier alpha value is -2.28. The Balaban J connectivity index is 2.16. The van der Waals surface area contributed by atoms with E-state index in [4.69, 9.17) is 5.73 Å². The van der Waals surface area contributed by atoms with Crippen molar-refractivity contribution in [3.63, 3.8) is 0 Å². The largest absolute Gasteiger partial charge is 0.396 e. The molecule has 1 amide bonds. The van der Waals surface area contributed by atoms with Crippen LogP contribution in [0.4, 0.5) is 14.5 Å². The van der Waals surface area contributed by atoms with E-state index in [2.05, 4.69) is 26.2 Å². The van der Waals surface area contributed by atoms with Crippen LogP contribution in [0.5, 0.6) is 0 Å². The zero-order chi connectivity index (χ0) is 15.9. The highest BCUT2D eigenvalue weighted by Gasteiger charge is 2.28. The van der Waals surface area contributed by atoms with Crippen molar-refractivity contribution in [2.45, 2.75) is 6.43 Å². The summed E-state index contributed by atoms with van der Waals surface area (Å²) < 4.78 is 26.4. The summed E-state index contributed by atoms with van der Waals surface area (Å²) in [4.78, 5) is 16.1. The SMILES string of the molecule is N/C(=C1\C(=O)Nc2ccc(Br)cc21)c1cc(C(F)F)ccn1. The first kappa shape index (κ1) is 14.6. The molecule has 0 saturated carbocycles. The van der Waals surface area contributed by atoms with Gasteiger partial charge in [-0.15, -0.1) is 0 Å². The quantitative estimate of drug-likeness (QED) is 0.799. The van der Waals surface area contributed by atoms with Crippen molar-refractivity contribution >= 4 is 38.8 Å². The topological polar surface area (TPSA) is 68.0 Å². The lowest BCUT2D eigenvalue weighted by molar-refractivity contribution is -0.110. The van der Waals surface area contributed by atoms with Crippen molar-refractivity contribution in [2.75, 3.05) is 5.32 Å². The van der Waals surface area contributed by atoms with Crippen molar-refractivity contribution in [1.82, 2.24) is 4.98 Å². The number of fused-ring (bicyclic) bond motifs is 1. The minimum atomic E-state index is -2.63. The Morgan fingerprint density at radius 1 is 1.27 bits per heavy atom. The fraction of sp³-hybridized carbons (Fsp3) is 0.0667. The number of aromatic nitrogens is 1. The van der Waals surface area contributed by atoms with Crippen LogP contribution in [0.1, 0.15) is 23.2 Å². The van der Waals surface area contributed by atoms with E-state index in [9.17, 15) is 13.6 Å². The van der Waals surface area contributed by atoms with E-state index in [1.54, 1.807) is 18.2 Å². The third-order valence-electron chi connectivity index (χ3n) is 3.31. The van der Waals surface area contributed by atoms with Gasteiger partial charge in [0.15, 0.2) is 0 Å². The molecule has 2 heterocycles. The molecule has 0 fully saturated rings. The van der Waals surface area contributed by atoms with E-state index in [0.29, 0.717) is 11.3 Å².